The number of rotatable bonds is 6. The van der Waals surface area contributed by atoms with Gasteiger partial charge in [-0.15, -0.1) is 0 Å². The molecule has 0 fully saturated rings. The normalized spacial score (nSPS) is 14.3. The molecule has 102 valence electrons. The fourth-order valence-corrected chi connectivity index (χ4v) is 2.25. The largest absolute Gasteiger partial charge is 0.496 e. The van der Waals surface area contributed by atoms with Gasteiger partial charge in [-0.25, -0.2) is 0 Å². The van der Waals surface area contributed by atoms with Crippen LogP contribution in [-0.2, 0) is 4.74 Å². The Balaban J connectivity index is 3.15. The van der Waals surface area contributed by atoms with Gasteiger partial charge in [0.25, 0.3) is 0 Å². The molecule has 1 rings (SSSR count). The van der Waals surface area contributed by atoms with Crippen LogP contribution < -0.4 is 10.1 Å². The first-order valence-corrected chi connectivity index (χ1v) is 6.46. The molecule has 0 saturated carbocycles. The Morgan fingerprint density at radius 3 is 2.33 bits per heavy atom. The summed E-state index contributed by atoms with van der Waals surface area (Å²) in [4.78, 5) is 0. The van der Waals surface area contributed by atoms with Crippen LogP contribution in [0.3, 0.4) is 0 Å². The van der Waals surface area contributed by atoms with Crippen molar-refractivity contribution in [2.24, 2.45) is 0 Å². The van der Waals surface area contributed by atoms with E-state index in [4.69, 9.17) is 9.47 Å². The Labute approximate surface area is 110 Å². The van der Waals surface area contributed by atoms with E-state index in [2.05, 4.69) is 45.1 Å². The maximum atomic E-state index is 5.48. The highest BCUT2D eigenvalue weighted by molar-refractivity contribution is 5.43. The van der Waals surface area contributed by atoms with Gasteiger partial charge in [0.2, 0.25) is 0 Å². The van der Waals surface area contributed by atoms with E-state index in [0.29, 0.717) is 0 Å². The Morgan fingerprint density at radius 1 is 1.17 bits per heavy atom. The van der Waals surface area contributed by atoms with Crippen LogP contribution in [0.4, 0.5) is 0 Å². The zero-order valence-corrected chi connectivity index (χ0v) is 12.3. The van der Waals surface area contributed by atoms with E-state index in [-0.39, 0.29) is 12.1 Å². The molecule has 18 heavy (non-hydrogen) atoms. The lowest BCUT2D eigenvalue weighted by Gasteiger charge is -2.26. The van der Waals surface area contributed by atoms with Crippen LogP contribution in [0.1, 0.15) is 36.6 Å². The number of likely N-dealkylation sites (N-methyl/N-ethyl adjacent to an activating group) is 1. The van der Waals surface area contributed by atoms with Crippen molar-refractivity contribution in [3.8, 4) is 5.75 Å². The zero-order valence-electron chi connectivity index (χ0n) is 12.3. The number of ether oxygens (including phenoxy) is 2. The number of methoxy groups -OCH3 is 2. The predicted octanol–water partition coefficient (Wildman–Crippen LogP) is 3.00. The molecule has 3 nitrogen and oxygen atoms in total. The molecule has 3 heteroatoms. The quantitative estimate of drug-likeness (QED) is 0.843. The van der Waals surface area contributed by atoms with Gasteiger partial charge in [0.1, 0.15) is 5.75 Å². The van der Waals surface area contributed by atoms with Crippen molar-refractivity contribution in [1.29, 1.82) is 0 Å². The van der Waals surface area contributed by atoms with Crippen LogP contribution in [0.2, 0.25) is 0 Å². The maximum Gasteiger partial charge on any atom is 0.122 e. The number of hydrogen-bond acceptors (Lipinski definition) is 3. The average Bonchev–Trinajstić information content (AvgIpc) is 2.37. The number of aryl methyl sites for hydroxylation is 2. The van der Waals surface area contributed by atoms with Crippen LogP contribution in [0.5, 0.6) is 5.75 Å². The highest BCUT2D eigenvalue weighted by atomic mass is 16.5. The van der Waals surface area contributed by atoms with Crippen LogP contribution in [-0.4, -0.2) is 26.9 Å². The van der Waals surface area contributed by atoms with E-state index in [1.165, 1.54) is 11.1 Å². The first-order chi connectivity index (χ1) is 8.54. The third-order valence-corrected chi connectivity index (χ3v) is 3.38. The van der Waals surface area contributed by atoms with E-state index in [9.17, 15) is 0 Å². The molecule has 0 heterocycles. The van der Waals surface area contributed by atoms with Gasteiger partial charge in [-0.2, -0.15) is 0 Å². The maximum absolute atomic E-state index is 5.48. The summed E-state index contributed by atoms with van der Waals surface area (Å²) >= 11 is 0. The minimum Gasteiger partial charge on any atom is -0.496 e. The highest BCUT2D eigenvalue weighted by Crippen LogP contribution is 2.28. The lowest BCUT2D eigenvalue weighted by atomic mass is 9.95. The summed E-state index contributed by atoms with van der Waals surface area (Å²) in [5.41, 5.74) is 3.67. The van der Waals surface area contributed by atoms with Gasteiger partial charge >= 0.3 is 0 Å². The molecule has 1 aromatic rings. The van der Waals surface area contributed by atoms with Gasteiger partial charge in [-0.05, 0) is 50.1 Å². The van der Waals surface area contributed by atoms with Crippen molar-refractivity contribution < 1.29 is 9.47 Å². The third-order valence-electron chi connectivity index (χ3n) is 3.38. The van der Waals surface area contributed by atoms with Crippen LogP contribution >= 0.6 is 0 Å². The van der Waals surface area contributed by atoms with Crippen LogP contribution in [0.25, 0.3) is 0 Å². The summed E-state index contributed by atoms with van der Waals surface area (Å²) in [7, 11) is 3.46. The van der Waals surface area contributed by atoms with Crippen LogP contribution in [0, 0.1) is 13.8 Å². The van der Waals surface area contributed by atoms with Crippen molar-refractivity contribution in [2.75, 3.05) is 20.8 Å². The Bertz CT molecular complexity index is 390. The molecule has 0 bridgehead atoms. The molecular formula is C15H25NO2. The first kappa shape index (κ1) is 15.0. The average molecular weight is 251 g/mol. The van der Waals surface area contributed by atoms with Gasteiger partial charge in [-0.3, -0.25) is 0 Å². The minimum atomic E-state index is 0.136. The van der Waals surface area contributed by atoms with Gasteiger partial charge in [0.15, 0.2) is 0 Å². The molecule has 2 unspecified atom stereocenters. The Morgan fingerprint density at radius 2 is 1.83 bits per heavy atom. The summed E-state index contributed by atoms with van der Waals surface area (Å²) < 4.78 is 10.8. The fourth-order valence-electron chi connectivity index (χ4n) is 2.25. The second kappa shape index (κ2) is 6.76. The Kier molecular flexibility index (Phi) is 5.63. The topological polar surface area (TPSA) is 30.5 Å². The van der Waals surface area contributed by atoms with Crippen molar-refractivity contribution in [3.63, 3.8) is 0 Å². The standard InChI is InChI=1S/C15H25NO2/c1-7-16-15(12(4)17-5)13-8-11(3)14(18-6)9-10(13)2/h8-9,12,15-16H,7H2,1-6H3. The van der Waals surface area contributed by atoms with Gasteiger partial charge in [0, 0.05) is 7.11 Å². The molecule has 1 N–H and O–H groups in total. The van der Waals surface area contributed by atoms with Crippen molar-refractivity contribution in [1.82, 2.24) is 5.32 Å². The van der Waals surface area contributed by atoms with Crippen LogP contribution in [0.15, 0.2) is 12.1 Å². The van der Waals surface area contributed by atoms with Crippen molar-refractivity contribution >= 4 is 0 Å². The molecule has 0 aromatic heterocycles. The van der Waals surface area contributed by atoms with E-state index in [1.54, 1.807) is 14.2 Å². The molecule has 0 aliphatic carbocycles. The first-order valence-electron chi connectivity index (χ1n) is 6.46. The summed E-state index contributed by atoms with van der Waals surface area (Å²) in [6.07, 6.45) is 0.136. The van der Waals surface area contributed by atoms with Crippen molar-refractivity contribution in [2.45, 2.75) is 39.8 Å². The lowest BCUT2D eigenvalue weighted by Crippen LogP contribution is -2.32. The lowest BCUT2D eigenvalue weighted by molar-refractivity contribution is 0.0833. The molecule has 1 aromatic carbocycles. The summed E-state index contributed by atoms with van der Waals surface area (Å²) in [5.74, 6) is 0.941. The van der Waals surface area contributed by atoms with Gasteiger partial charge in [-0.1, -0.05) is 13.0 Å². The molecule has 0 aliphatic rings. The fraction of sp³-hybridized carbons (Fsp3) is 0.600. The molecular weight excluding hydrogens is 226 g/mol. The van der Waals surface area contributed by atoms with E-state index in [1.807, 2.05) is 0 Å². The summed E-state index contributed by atoms with van der Waals surface area (Å²) in [6, 6.07) is 4.50. The van der Waals surface area contributed by atoms with Gasteiger partial charge in [0.05, 0.1) is 19.3 Å². The molecule has 0 radical (unpaired) electrons. The predicted molar refractivity (Wildman–Crippen MR) is 75.4 cm³/mol. The summed E-state index contributed by atoms with van der Waals surface area (Å²) in [6.45, 7) is 9.31. The highest BCUT2D eigenvalue weighted by Gasteiger charge is 2.20. The molecule has 0 saturated heterocycles. The van der Waals surface area contributed by atoms with Gasteiger partial charge < -0.3 is 14.8 Å². The molecule has 0 spiro atoms. The molecule has 2 atom stereocenters. The third kappa shape index (κ3) is 3.24. The van der Waals surface area contributed by atoms with E-state index < -0.39 is 0 Å². The number of benzene rings is 1. The van der Waals surface area contributed by atoms with Crippen molar-refractivity contribution in [3.05, 3.63) is 28.8 Å². The summed E-state index contributed by atoms with van der Waals surface area (Å²) in [5, 5.41) is 3.49. The minimum absolute atomic E-state index is 0.136. The molecule has 0 amide bonds. The monoisotopic (exact) mass is 251 g/mol. The van der Waals surface area contributed by atoms with E-state index in [0.717, 1.165) is 17.9 Å². The second-order valence-corrected chi connectivity index (χ2v) is 4.65. The number of hydrogen-bond donors (Lipinski definition) is 1. The zero-order chi connectivity index (χ0) is 13.7. The van der Waals surface area contributed by atoms with E-state index >= 15 is 0 Å². The second-order valence-electron chi connectivity index (χ2n) is 4.65. The Hall–Kier alpha value is -1.06. The SMILES string of the molecule is CCNC(c1cc(C)c(OC)cc1C)C(C)OC. The molecule has 0 aliphatic heterocycles. The number of nitrogens with one attached hydrogen (secondary N) is 1. The smallest absolute Gasteiger partial charge is 0.122 e.